The highest BCUT2D eigenvalue weighted by Crippen LogP contribution is 2.28. The van der Waals surface area contributed by atoms with Gasteiger partial charge in [-0.3, -0.25) is 4.79 Å². The van der Waals surface area contributed by atoms with E-state index in [-0.39, 0.29) is 18.0 Å². The van der Waals surface area contributed by atoms with E-state index in [1.165, 1.54) is 29.8 Å². The van der Waals surface area contributed by atoms with Crippen molar-refractivity contribution in [3.05, 3.63) is 58.6 Å². The molecule has 1 heterocycles. The highest BCUT2D eigenvalue weighted by Gasteiger charge is 2.27. The number of halogens is 1. The number of carbonyl (C=O) groups is 1. The minimum Gasteiger partial charge on any atom is -0.374 e. The summed E-state index contributed by atoms with van der Waals surface area (Å²) in [7, 11) is -1.85. The Kier molecular flexibility index (Phi) is 5.22. The van der Waals surface area contributed by atoms with Gasteiger partial charge in [0.05, 0.1) is 11.4 Å². The largest absolute Gasteiger partial charge is 0.374 e. The molecule has 138 valence electrons. The molecule has 0 aromatic heterocycles. The van der Waals surface area contributed by atoms with Gasteiger partial charge in [-0.15, -0.1) is 0 Å². The van der Waals surface area contributed by atoms with Crippen LogP contribution in [-0.2, 0) is 27.8 Å². The van der Waals surface area contributed by atoms with Crippen molar-refractivity contribution >= 4 is 33.2 Å². The lowest BCUT2D eigenvalue weighted by atomic mass is 10.1. The van der Waals surface area contributed by atoms with Crippen LogP contribution in [0.5, 0.6) is 0 Å². The highest BCUT2D eigenvalue weighted by molar-refractivity contribution is 7.89. The van der Waals surface area contributed by atoms with Gasteiger partial charge < -0.3 is 10.6 Å². The fourth-order valence-corrected chi connectivity index (χ4v) is 4.60. The molecule has 2 aromatic rings. The number of carbonyl (C=O) groups excluding carboxylic acids is 1. The first-order valence-corrected chi connectivity index (χ1v) is 9.96. The molecule has 0 fully saturated rings. The smallest absolute Gasteiger partial charge is 0.243 e. The van der Waals surface area contributed by atoms with Crippen molar-refractivity contribution in [3.63, 3.8) is 0 Å². The lowest BCUT2D eigenvalue weighted by Gasteiger charge is -2.21. The Morgan fingerprint density at radius 2 is 1.92 bits per heavy atom. The number of benzene rings is 2. The van der Waals surface area contributed by atoms with Gasteiger partial charge in [0, 0.05) is 30.8 Å². The van der Waals surface area contributed by atoms with Gasteiger partial charge in [-0.1, -0.05) is 23.7 Å². The zero-order chi connectivity index (χ0) is 18.9. The van der Waals surface area contributed by atoms with Gasteiger partial charge in [0.15, 0.2) is 0 Å². The molecule has 0 atom stereocenters. The van der Waals surface area contributed by atoms with Crippen LogP contribution >= 0.6 is 11.6 Å². The topological polar surface area (TPSA) is 83.7 Å². The van der Waals surface area contributed by atoms with Crippen LogP contribution in [-0.4, -0.2) is 38.8 Å². The van der Waals surface area contributed by atoms with E-state index in [1.54, 1.807) is 0 Å². The number of fused-ring (bicyclic) bond motifs is 1. The SMILES string of the molecule is CN1CCc2cc(CN(CC(N)=O)S(=O)(=O)c3ccc(Cl)cc3)ccc21. The number of nitrogens with two attached hydrogens (primary N) is 1. The predicted molar refractivity (Wildman–Crippen MR) is 102 cm³/mol. The number of sulfonamides is 1. The van der Waals surface area contributed by atoms with Crippen molar-refractivity contribution in [1.82, 2.24) is 4.31 Å². The van der Waals surface area contributed by atoms with Crippen molar-refractivity contribution in [3.8, 4) is 0 Å². The Labute approximate surface area is 158 Å². The van der Waals surface area contributed by atoms with Gasteiger partial charge in [-0.2, -0.15) is 4.31 Å². The quantitative estimate of drug-likeness (QED) is 0.813. The number of anilines is 1. The van der Waals surface area contributed by atoms with E-state index in [2.05, 4.69) is 4.90 Å². The minimum atomic E-state index is -3.87. The monoisotopic (exact) mass is 393 g/mol. The van der Waals surface area contributed by atoms with Crippen molar-refractivity contribution in [2.24, 2.45) is 5.73 Å². The fourth-order valence-electron chi connectivity index (χ4n) is 3.08. The Morgan fingerprint density at radius 1 is 1.23 bits per heavy atom. The first kappa shape index (κ1) is 18.7. The summed E-state index contributed by atoms with van der Waals surface area (Å²) < 4.78 is 27.0. The Balaban J connectivity index is 1.91. The van der Waals surface area contributed by atoms with Crippen LogP contribution in [0.25, 0.3) is 0 Å². The van der Waals surface area contributed by atoms with E-state index >= 15 is 0 Å². The van der Waals surface area contributed by atoms with Gasteiger partial charge in [0.2, 0.25) is 15.9 Å². The Hall–Kier alpha value is -2.09. The van der Waals surface area contributed by atoms with Gasteiger partial charge in [0.25, 0.3) is 0 Å². The van der Waals surface area contributed by atoms with Crippen molar-refractivity contribution in [1.29, 1.82) is 0 Å². The van der Waals surface area contributed by atoms with Crippen LogP contribution in [0.3, 0.4) is 0 Å². The molecule has 2 aromatic carbocycles. The van der Waals surface area contributed by atoms with E-state index in [0.717, 1.165) is 28.5 Å². The third-order valence-corrected chi connectivity index (χ3v) is 6.47. The lowest BCUT2D eigenvalue weighted by Crippen LogP contribution is -2.38. The molecule has 6 nitrogen and oxygen atoms in total. The molecule has 1 aliphatic heterocycles. The summed E-state index contributed by atoms with van der Waals surface area (Å²) in [4.78, 5) is 13.7. The second-order valence-corrected chi connectivity index (χ2v) is 8.70. The molecule has 0 spiro atoms. The number of hydrogen-bond acceptors (Lipinski definition) is 4. The molecule has 8 heteroatoms. The molecule has 1 aliphatic rings. The normalized spacial score (nSPS) is 13.9. The van der Waals surface area contributed by atoms with Crippen LogP contribution in [0.1, 0.15) is 11.1 Å². The summed E-state index contributed by atoms with van der Waals surface area (Å²) in [5.41, 5.74) is 8.42. The summed E-state index contributed by atoms with van der Waals surface area (Å²) in [5.74, 6) is -0.705. The molecule has 0 radical (unpaired) electrons. The van der Waals surface area contributed by atoms with Gasteiger partial charge in [0.1, 0.15) is 0 Å². The number of rotatable bonds is 6. The number of likely N-dealkylation sites (N-methyl/N-ethyl adjacent to an activating group) is 1. The van der Waals surface area contributed by atoms with Crippen LogP contribution in [0.4, 0.5) is 5.69 Å². The fraction of sp³-hybridized carbons (Fsp3) is 0.278. The molecule has 3 rings (SSSR count). The van der Waals surface area contributed by atoms with Crippen molar-refractivity contribution < 1.29 is 13.2 Å². The third-order valence-electron chi connectivity index (χ3n) is 4.41. The summed E-state index contributed by atoms with van der Waals surface area (Å²) in [6.45, 7) is 0.625. The van der Waals surface area contributed by atoms with Gasteiger partial charge in [-0.05, 0) is 47.9 Å². The number of nitrogens with zero attached hydrogens (tertiary/aromatic N) is 2. The van der Waals surface area contributed by atoms with Crippen molar-refractivity contribution in [2.45, 2.75) is 17.9 Å². The standard InChI is InChI=1S/C18H20ClN3O3S/c1-21-9-8-14-10-13(2-7-17(14)21)11-22(12-18(20)23)26(24,25)16-5-3-15(19)4-6-16/h2-7,10H,8-9,11-12H2,1H3,(H2,20,23). The molecule has 0 aliphatic carbocycles. The van der Waals surface area contributed by atoms with E-state index < -0.39 is 15.9 Å². The molecular weight excluding hydrogens is 374 g/mol. The second-order valence-electron chi connectivity index (χ2n) is 6.33. The van der Waals surface area contributed by atoms with E-state index in [0.29, 0.717) is 5.02 Å². The van der Waals surface area contributed by atoms with Gasteiger partial charge >= 0.3 is 0 Å². The summed E-state index contributed by atoms with van der Waals surface area (Å²) >= 11 is 5.83. The average molecular weight is 394 g/mol. The molecule has 0 saturated carbocycles. The second kappa shape index (κ2) is 7.26. The molecule has 2 N–H and O–H groups in total. The molecule has 0 bridgehead atoms. The van der Waals surface area contributed by atoms with Gasteiger partial charge in [-0.25, -0.2) is 8.42 Å². The highest BCUT2D eigenvalue weighted by atomic mass is 35.5. The van der Waals surface area contributed by atoms with E-state index in [1.807, 2.05) is 25.2 Å². The zero-order valence-electron chi connectivity index (χ0n) is 14.4. The van der Waals surface area contributed by atoms with Crippen LogP contribution < -0.4 is 10.6 Å². The molecule has 1 amide bonds. The Morgan fingerprint density at radius 3 is 2.58 bits per heavy atom. The first-order valence-electron chi connectivity index (χ1n) is 8.14. The molecule has 26 heavy (non-hydrogen) atoms. The summed E-state index contributed by atoms with van der Waals surface area (Å²) in [6, 6.07) is 11.7. The number of amides is 1. The molecule has 0 saturated heterocycles. The third kappa shape index (κ3) is 3.85. The predicted octanol–water partition coefficient (Wildman–Crippen LogP) is 2.01. The average Bonchev–Trinajstić information content (AvgIpc) is 2.95. The zero-order valence-corrected chi connectivity index (χ0v) is 15.9. The Bertz CT molecular complexity index is 929. The van der Waals surface area contributed by atoms with Crippen LogP contribution in [0.15, 0.2) is 47.4 Å². The molecule has 0 unspecified atom stereocenters. The molecular formula is C18H20ClN3O3S. The first-order chi connectivity index (χ1) is 12.3. The summed E-state index contributed by atoms with van der Waals surface area (Å²) in [5, 5.41) is 0.438. The number of primary amides is 1. The maximum Gasteiger partial charge on any atom is 0.243 e. The van der Waals surface area contributed by atoms with E-state index in [4.69, 9.17) is 17.3 Å². The number of hydrogen-bond donors (Lipinski definition) is 1. The van der Waals surface area contributed by atoms with Crippen molar-refractivity contribution in [2.75, 3.05) is 25.0 Å². The minimum absolute atomic E-state index is 0.0732. The van der Waals surface area contributed by atoms with E-state index in [9.17, 15) is 13.2 Å². The maximum atomic E-state index is 12.9. The maximum absolute atomic E-state index is 12.9. The summed E-state index contributed by atoms with van der Waals surface area (Å²) in [6.07, 6.45) is 0.916. The van der Waals surface area contributed by atoms with Crippen LogP contribution in [0, 0.1) is 0 Å². The van der Waals surface area contributed by atoms with Crippen LogP contribution in [0.2, 0.25) is 5.02 Å². The lowest BCUT2D eigenvalue weighted by molar-refractivity contribution is -0.118.